The quantitative estimate of drug-likeness (QED) is 0.651. The second kappa shape index (κ2) is 9.36. The van der Waals surface area contributed by atoms with E-state index < -0.39 is 41.9 Å². The molecular weight excluding hydrogens is 370 g/mol. The van der Waals surface area contributed by atoms with E-state index in [4.69, 9.17) is 19.6 Å². The third-order valence-electron chi connectivity index (χ3n) is 4.40. The molecule has 0 spiro atoms. The summed E-state index contributed by atoms with van der Waals surface area (Å²) in [6.07, 6.45) is 1.49. The van der Waals surface area contributed by atoms with Gasteiger partial charge in [-0.25, -0.2) is 4.79 Å². The van der Waals surface area contributed by atoms with Gasteiger partial charge in [0.1, 0.15) is 25.0 Å². The van der Waals surface area contributed by atoms with Crippen molar-refractivity contribution in [2.45, 2.75) is 44.9 Å². The number of amides is 3. The molecule has 2 heterocycles. The van der Waals surface area contributed by atoms with Gasteiger partial charge in [0, 0.05) is 13.1 Å². The normalized spacial score (nSPS) is 20.1. The zero-order valence-electron chi connectivity index (χ0n) is 16.0. The molecular formula is C18H25N3O7. The van der Waals surface area contributed by atoms with Gasteiger partial charge >= 0.3 is 6.09 Å². The number of nitrogens with zero attached hydrogens (tertiary/aromatic N) is 1. The average Bonchev–Trinajstić information content (AvgIpc) is 3.26. The fraction of sp³-hybridized carbons (Fsp3) is 0.556. The summed E-state index contributed by atoms with van der Waals surface area (Å²) in [5.74, 6) is -1.33. The van der Waals surface area contributed by atoms with Crippen LogP contribution in [0.3, 0.4) is 0 Å². The first-order valence-corrected chi connectivity index (χ1v) is 8.91. The van der Waals surface area contributed by atoms with E-state index in [0.717, 1.165) is 4.90 Å². The smallest absolute Gasteiger partial charge is 0.413 e. The Bertz CT molecular complexity index is 717. The molecule has 1 fully saturated rings. The van der Waals surface area contributed by atoms with Crippen molar-refractivity contribution in [1.29, 1.82) is 0 Å². The first kappa shape index (κ1) is 21.4. The number of hydrogen-bond acceptors (Lipinski definition) is 7. The monoisotopic (exact) mass is 395 g/mol. The highest BCUT2D eigenvalue weighted by Gasteiger charge is 2.45. The van der Waals surface area contributed by atoms with Gasteiger partial charge in [0.05, 0.1) is 6.26 Å². The Hall–Kier alpha value is -2.88. The topological polar surface area (TPSA) is 141 Å². The number of carbonyl (C=O) groups is 4. The Morgan fingerprint density at radius 3 is 2.64 bits per heavy atom. The molecule has 0 aliphatic carbocycles. The third-order valence-corrected chi connectivity index (χ3v) is 4.40. The van der Waals surface area contributed by atoms with Gasteiger partial charge in [-0.2, -0.15) is 0 Å². The molecule has 3 amide bonds. The number of primary amides is 1. The molecule has 1 aliphatic rings. The molecule has 0 radical (unpaired) electrons. The molecule has 154 valence electrons. The predicted octanol–water partition coefficient (Wildman–Crippen LogP) is 0.453. The molecule has 0 saturated carbocycles. The van der Waals surface area contributed by atoms with Crippen LogP contribution in [0.15, 0.2) is 23.0 Å². The van der Waals surface area contributed by atoms with E-state index in [2.05, 4.69) is 5.32 Å². The Balaban J connectivity index is 2.11. The van der Waals surface area contributed by atoms with Crippen LogP contribution in [0.4, 0.5) is 4.79 Å². The van der Waals surface area contributed by atoms with Crippen LogP contribution in [0, 0.1) is 5.92 Å². The van der Waals surface area contributed by atoms with Crippen molar-refractivity contribution in [3.8, 4) is 5.75 Å². The lowest BCUT2D eigenvalue weighted by molar-refractivity contribution is -0.141. The van der Waals surface area contributed by atoms with E-state index in [0.29, 0.717) is 12.8 Å². The molecule has 0 bridgehead atoms. The van der Waals surface area contributed by atoms with Crippen molar-refractivity contribution in [3.05, 3.63) is 18.6 Å². The summed E-state index contributed by atoms with van der Waals surface area (Å²) in [5, 5.41) is 2.51. The first-order valence-electron chi connectivity index (χ1n) is 8.91. The summed E-state index contributed by atoms with van der Waals surface area (Å²) >= 11 is 0. The lowest BCUT2D eigenvalue weighted by Gasteiger charge is -2.30. The number of ether oxygens (including phenoxy) is 2. The minimum absolute atomic E-state index is 0.189. The van der Waals surface area contributed by atoms with Gasteiger partial charge in [-0.05, 0) is 18.8 Å². The average molecular weight is 395 g/mol. The van der Waals surface area contributed by atoms with Crippen LogP contribution >= 0.6 is 0 Å². The summed E-state index contributed by atoms with van der Waals surface area (Å²) in [6.45, 7) is 3.65. The lowest BCUT2D eigenvalue weighted by atomic mass is 10.0. The highest BCUT2D eigenvalue weighted by molar-refractivity contribution is 5.99. The summed E-state index contributed by atoms with van der Waals surface area (Å²) in [5.41, 5.74) is 5.27. The van der Waals surface area contributed by atoms with Gasteiger partial charge in [-0.1, -0.05) is 13.8 Å². The predicted molar refractivity (Wildman–Crippen MR) is 96.2 cm³/mol. The van der Waals surface area contributed by atoms with Crippen LogP contribution < -0.4 is 15.8 Å². The van der Waals surface area contributed by atoms with Gasteiger partial charge in [0.2, 0.25) is 11.8 Å². The van der Waals surface area contributed by atoms with Crippen LogP contribution in [0.1, 0.15) is 26.7 Å². The lowest BCUT2D eigenvalue weighted by Crippen LogP contribution is -2.56. The zero-order chi connectivity index (χ0) is 20.8. The van der Waals surface area contributed by atoms with Gasteiger partial charge < -0.3 is 29.8 Å². The number of hydrogen-bond donors (Lipinski definition) is 2. The third kappa shape index (κ3) is 5.32. The Labute approximate surface area is 162 Å². The van der Waals surface area contributed by atoms with Crippen molar-refractivity contribution in [3.63, 3.8) is 0 Å². The van der Waals surface area contributed by atoms with Crippen LogP contribution in [-0.2, 0) is 19.1 Å². The molecule has 1 aromatic rings. The minimum Gasteiger partial charge on any atom is -0.469 e. The fourth-order valence-electron chi connectivity index (χ4n) is 2.90. The van der Waals surface area contributed by atoms with E-state index in [1.165, 1.54) is 25.6 Å². The highest BCUT2D eigenvalue weighted by Crippen LogP contribution is 2.19. The summed E-state index contributed by atoms with van der Waals surface area (Å²) in [4.78, 5) is 49.9. The molecule has 28 heavy (non-hydrogen) atoms. The van der Waals surface area contributed by atoms with Crippen LogP contribution in [-0.4, -0.2) is 60.4 Å². The van der Waals surface area contributed by atoms with Crippen LogP contribution in [0.2, 0.25) is 0 Å². The van der Waals surface area contributed by atoms with E-state index in [-0.39, 0.29) is 18.3 Å². The second-order valence-electron chi connectivity index (χ2n) is 7.01. The van der Waals surface area contributed by atoms with Crippen molar-refractivity contribution in [1.82, 2.24) is 10.2 Å². The van der Waals surface area contributed by atoms with Crippen molar-refractivity contribution in [2.75, 3.05) is 13.7 Å². The molecule has 2 unspecified atom stereocenters. The van der Waals surface area contributed by atoms with E-state index in [9.17, 15) is 19.2 Å². The molecule has 3 atom stereocenters. The second-order valence-corrected chi connectivity index (χ2v) is 7.01. The van der Waals surface area contributed by atoms with Crippen molar-refractivity contribution in [2.24, 2.45) is 11.7 Å². The van der Waals surface area contributed by atoms with Crippen molar-refractivity contribution < 1.29 is 33.1 Å². The fourth-order valence-corrected chi connectivity index (χ4v) is 2.90. The molecule has 2 rings (SSSR count). The molecule has 3 N–H and O–H groups in total. The minimum atomic E-state index is -1.22. The number of nitrogens with one attached hydrogen (secondary N) is 1. The van der Waals surface area contributed by atoms with Gasteiger partial charge in [0.15, 0.2) is 17.6 Å². The van der Waals surface area contributed by atoms with Crippen LogP contribution in [0.5, 0.6) is 5.75 Å². The van der Waals surface area contributed by atoms with E-state index >= 15 is 0 Å². The van der Waals surface area contributed by atoms with Gasteiger partial charge in [-0.15, -0.1) is 0 Å². The largest absolute Gasteiger partial charge is 0.469 e. The molecule has 1 aliphatic heterocycles. The highest BCUT2D eigenvalue weighted by atomic mass is 16.6. The Morgan fingerprint density at radius 1 is 1.36 bits per heavy atom. The SMILES string of the molecule is CC(C)CC[C@H](NC(=O)Oc1ccoc1)C(=O)N(C)C1C(=O)COC1C(N)=O. The van der Waals surface area contributed by atoms with Crippen molar-refractivity contribution >= 4 is 23.7 Å². The summed E-state index contributed by atoms with van der Waals surface area (Å²) in [7, 11) is 1.38. The Kier molecular flexibility index (Phi) is 7.16. The maximum absolute atomic E-state index is 13.0. The number of nitrogens with two attached hydrogens (primary N) is 1. The van der Waals surface area contributed by atoms with Gasteiger partial charge in [0.25, 0.3) is 0 Å². The number of carbonyl (C=O) groups excluding carboxylic acids is 4. The van der Waals surface area contributed by atoms with E-state index in [1.54, 1.807) is 0 Å². The molecule has 1 saturated heterocycles. The molecule has 1 aromatic heterocycles. The number of furan rings is 1. The summed E-state index contributed by atoms with van der Waals surface area (Å²) in [6, 6.07) is -0.630. The molecule has 10 heteroatoms. The maximum atomic E-state index is 13.0. The molecule has 0 aromatic carbocycles. The zero-order valence-corrected chi connectivity index (χ0v) is 16.0. The molecule has 10 nitrogen and oxygen atoms in total. The van der Waals surface area contributed by atoms with Gasteiger partial charge in [-0.3, -0.25) is 14.4 Å². The first-order chi connectivity index (χ1) is 13.2. The van der Waals surface area contributed by atoms with Crippen LogP contribution in [0.25, 0.3) is 0 Å². The number of ketones is 1. The standard InChI is InChI=1S/C18H25N3O7/c1-10(2)4-5-12(20-18(25)28-11-6-7-26-8-11)17(24)21(3)14-13(22)9-27-15(14)16(19)23/h6-8,10,12,14-15H,4-5,9H2,1-3H3,(H2,19,23)(H,20,25)/t12-,14?,15?/m0/s1. The Morgan fingerprint density at radius 2 is 2.07 bits per heavy atom. The summed E-state index contributed by atoms with van der Waals surface area (Å²) < 4.78 is 15.0. The number of Topliss-reactive ketones (excluding diaryl/α,β-unsaturated/α-hetero) is 1. The van der Waals surface area contributed by atoms with E-state index in [1.807, 2.05) is 13.8 Å². The number of rotatable bonds is 8. The number of likely N-dealkylation sites (N-methyl/N-ethyl adjacent to an activating group) is 1. The maximum Gasteiger partial charge on any atom is 0.413 e.